The van der Waals surface area contributed by atoms with Crippen molar-refractivity contribution in [1.29, 1.82) is 0 Å². The number of hydrogen-bond donors (Lipinski definition) is 1. The van der Waals surface area contributed by atoms with Crippen molar-refractivity contribution in [3.05, 3.63) is 53.6 Å². The van der Waals surface area contributed by atoms with Gasteiger partial charge in [-0.15, -0.1) is 0 Å². The van der Waals surface area contributed by atoms with E-state index in [0.29, 0.717) is 30.1 Å². The molecule has 1 heterocycles. The van der Waals surface area contributed by atoms with Crippen LogP contribution in [-0.2, 0) is 14.8 Å². The Bertz CT molecular complexity index is 919. The van der Waals surface area contributed by atoms with Gasteiger partial charge in [-0.25, -0.2) is 8.42 Å². The fourth-order valence-corrected chi connectivity index (χ4v) is 5.07. The second-order valence-electron chi connectivity index (χ2n) is 6.35. The Morgan fingerprint density at radius 2 is 1.96 bits per heavy atom. The van der Waals surface area contributed by atoms with Crippen LogP contribution in [0.15, 0.2) is 53.4 Å². The highest BCUT2D eigenvalue weighted by molar-refractivity contribution is 7.89. The number of rotatable bonds is 5. The lowest BCUT2D eigenvalue weighted by molar-refractivity contribution is -0.120. The standard InChI is InChI=1S/C19H21ClN2O4S/c1-26-17-10-9-15(20)12-18(17)27(24,25)22-11-5-6-14(13-22)19(23)21-16-7-3-2-4-8-16/h2-4,7-10,12,14H,5-6,11,13H2,1H3,(H,21,23)/t14-/m0/s1. The third-order valence-corrected chi connectivity index (χ3v) is 6.66. The third kappa shape index (κ3) is 4.43. The van der Waals surface area contributed by atoms with Gasteiger partial charge in [0.2, 0.25) is 15.9 Å². The number of piperidine rings is 1. The topological polar surface area (TPSA) is 75.7 Å². The van der Waals surface area contributed by atoms with Crippen LogP contribution in [-0.4, -0.2) is 38.8 Å². The van der Waals surface area contributed by atoms with Gasteiger partial charge < -0.3 is 10.1 Å². The molecule has 0 radical (unpaired) electrons. The first-order valence-corrected chi connectivity index (χ1v) is 10.4. The van der Waals surface area contributed by atoms with Crippen molar-refractivity contribution in [1.82, 2.24) is 4.31 Å². The number of sulfonamides is 1. The number of hydrogen-bond acceptors (Lipinski definition) is 4. The van der Waals surface area contributed by atoms with Gasteiger partial charge in [0.15, 0.2) is 0 Å². The van der Waals surface area contributed by atoms with Crippen LogP contribution >= 0.6 is 11.6 Å². The van der Waals surface area contributed by atoms with Crippen molar-refractivity contribution in [3.63, 3.8) is 0 Å². The Balaban J connectivity index is 1.79. The van der Waals surface area contributed by atoms with Crippen LogP contribution in [0, 0.1) is 5.92 Å². The molecule has 0 spiro atoms. The molecule has 0 aliphatic carbocycles. The Labute approximate surface area is 164 Å². The zero-order chi connectivity index (χ0) is 19.4. The highest BCUT2D eigenvalue weighted by Gasteiger charge is 2.35. The number of anilines is 1. The first kappa shape index (κ1) is 19.7. The van der Waals surface area contributed by atoms with E-state index < -0.39 is 15.9 Å². The van der Waals surface area contributed by atoms with Crippen molar-refractivity contribution >= 4 is 33.2 Å². The number of nitrogens with one attached hydrogen (secondary N) is 1. The van der Waals surface area contributed by atoms with E-state index in [0.717, 1.165) is 0 Å². The van der Waals surface area contributed by atoms with E-state index in [1.807, 2.05) is 18.2 Å². The lowest BCUT2D eigenvalue weighted by Gasteiger charge is -2.31. The molecule has 0 unspecified atom stereocenters. The number of halogens is 1. The SMILES string of the molecule is COc1ccc(Cl)cc1S(=O)(=O)N1CCC[C@H](C(=O)Nc2ccccc2)C1. The molecule has 144 valence electrons. The van der Waals surface area contributed by atoms with Gasteiger partial charge in [-0.05, 0) is 43.2 Å². The number of amides is 1. The largest absolute Gasteiger partial charge is 0.495 e. The van der Waals surface area contributed by atoms with Gasteiger partial charge in [0.1, 0.15) is 10.6 Å². The van der Waals surface area contributed by atoms with Crippen molar-refractivity contribution < 1.29 is 17.9 Å². The minimum Gasteiger partial charge on any atom is -0.495 e. The Morgan fingerprint density at radius 1 is 1.22 bits per heavy atom. The van der Waals surface area contributed by atoms with E-state index in [-0.39, 0.29) is 23.1 Å². The van der Waals surface area contributed by atoms with Gasteiger partial charge >= 0.3 is 0 Å². The summed E-state index contributed by atoms with van der Waals surface area (Å²) in [6.07, 6.45) is 1.24. The molecule has 1 atom stereocenters. The molecule has 0 bridgehead atoms. The van der Waals surface area contributed by atoms with E-state index in [1.165, 1.54) is 23.5 Å². The zero-order valence-electron chi connectivity index (χ0n) is 14.9. The number of carbonyl (C=O) groups is 1. The average molecular weight is 409 g/mol. The molecule has 1 fully saturated rings. The molecule has 1 saturated heterocycles. The smallest absolute Gasteiger partial charge is 0.246 e. The summed E-state index contributed by atoms with van der Waals surface area (Å²) >= 11 is 5.99. The highest BCUT2D eigenvalue weighted by Crippen LogP contribution is 2.32. The maximum Gasteiger partial charge on any atom is 0.246 e. The average Bonchev–Trinajstić information content (AvgIpc) is 2.69. The summed E-state index contributed by atoms with van der Waals surface area (Å²) in [7, 11) is -2.41. The number of methoxy groups -OCH3 is 1. The molecule has 27 heavy (non-hydrogen) atoms. The number of benzene rings is 2. The van der Waals surface area contributed by atoms with Crippen LogP contribution in [0.5, 0.6) is 5.75 Å². The molecule has 3 rings (SSSR count). The van der Waals surface area contributed by atoms with Gasteiger partial charge in [0, 0.05) is 23.8 Å². The van der Waals surface area contributed by atoms with Gasteiger partial charge in [0.05, 0.1) is 13.0 Å². The second kappa shape index (κ2) is 8.29. The normalized spacial score (nSPS) is 18.1. The van der Waals surface area contributed by atoms with E-state index in [9.17, 15) is 13.2 Å². The van der Waals surface area contributed by atoms with Crippen LogP contribution in [0.2, 0.25) is 5.02 Å². The van der Waals surface area contributed by atoms with E-state index in [1.54, 1.807) is 18.2 Å². The fraction of sp³-hybridized carbons (Fsp3) is 0.316. The van der Waals surface area contributed by atoms with Crippen LogP contribution in [0.4, 0.5) is 5.69 Å². The molecule has 2 aromatic carbocycles. The van der Waals surface area contributed by atoms with Crippen LogP contribution in [0.1, 0.15) is 12.8 Å². The molecule has 0 saturated carbocycles. The monoisotopic (exact) mass is 408 g/mol. The molecule has 1 N–H and O–H groups in total. The first-order chi connectivity index (χ1) is 12.9. The maximum atomic E-state index is 13.1. The highest BCUT2D eigenvalue weighted by atomic mass is 35.5. The number of nitrogens with zero attached hydrogens (tertiary/aromatic N) is 1. The predicted molar refractivity (Wildman–Crippen MR) is 105 cm³/mol. The Hall–Kier alpha value is -2.09. The lowest BCUT2D eigenvalue weighted by Crippen LogP contribution is -2.43. The number of ether oxygens (including phenoxy) is 1. The summed E-state index contributed by atoms with van der Waals surface area (Å²) in [6.45, 7) is 0.476. The first-order valence-electron chi connectivity index (χ1n) is 8.61. The van der Waals surface area contributed by atoms with Crippen molar-refractivity contribution in [3.8, 4) is 5.75 Å². The van der Waals surface area contributed by atoms with Crippen molar-refractivity contribution in [2.75, 3.05) is 25.5 Å². The summed E-state index contributed by atoms with van der Waals surface area (Å²) in [5.41, 5.74) is 0.694. The summed E-state index contributed by atoms with van der Waals surface area (Å²) < 4.78 is 32.7. The fourth-order valence-electron chi connectivity index (χ4n) is 3.13. The molecular weight excluding hydrogens is 388 g/mol. The number of carbonyl (C=O) groups excluding carboxylic acids is 1. The van der Waals surface area contributed by atoms with Gasteiger partial charge in [0.25, 0.3) is 0 Å². The molecule has 2 aromatic rings. The maximum absolute atomic E-state index is 13.1. The zero-order valence-corrected chi connectivity index (χ0v) is 16.5. The molecule has 0 aromatic heterocycles. The minimum atomic E-state index is -3.82. The number of para-hydroxylation sites is 1. The molecular formula is C19H21ClN2O4S. The molecule has 8 heteroatoms. The molecule has 1 aliphatic heterocycles. The van der Waals surface area contributed by atoms with Gasteiger partial charge in [-0.2, -0.15) is 4.31 Å². The quantitative estimate of drug-likeness (QED) is 0.822. The summed E-state index contributed by atoms with van der Waals surface area (Å²) in [6, 6.07) is 13.6. The lowest BCUT2D eigenvalue weighted by atomic mass is 9.99. The van der Waals surface area contributed by atoms with Gasteiger partial charge in [-0.3, -0.25) is 4.79 Å². The van der Waals surface area contributed by atoms with Crippen molar-refractivity contribution in [2.45, 2.75) is 17.7 Å². The molecule has 1 amide bonds. The van der Waals surface area contributed by atoms with E-state index >= 15 is 0 Å². The van der Waals surface area contributed by atoms with E-state index in [2.05, 4.69) is 5.32 Å². The second-order valence-corrected chi connectivity index (χ2v) is 8.70. The van der Waals surface area contributed by atoms with Gasteiger partial charge in [-0.1, -0.05) is 29.8 Å². The van der Waals surface area contributed by atoms with Crippen molar-refractivity contribution in [2.24, 2.45) is 5.92 Å². The van der Waals surface area contributed by atoms with Crippen LogP contribution in [0.3, 0.4) is 0 Å². The third-order valence-electron chi connectivity index (χ3n) is 4.54. The summed E-state index contributed by atoms with van der Waals surface area (Å²) in [5.74, 6) is -0.367. The molecule has 1 aliphatic rings. The van der Waals surface area contributed by atoms with E-state index in [4.69, 9.17) is 16.3 Å². The molecule has 6 nitrogen and oxygen atoms in total. The summed E-state index contributed by atoms with van der Waals surface area (Å²) in [5, 5.41) is 3.16. The Kier molecular flexibility index (Phi) is 6.04. The summed E-state index contributed by atoms with van der Waals surface area (Å²) in [4.78, 5) is 12.6. The Morgan fingerprint density at radius 3 is 2.67 bits per heavy atom. The minimum absolute atomic E-state index is 0.0154. The predicted octanol–water partition coefficient (Wildman–Crippen LogP) is 3.39. The van der Waals surface area contributed by atoms with Crippen LogP contribution in [0.25, 0.3) is 0 Å². The van der Waals surface area contributed by atoms with Crippen LogP contribution < -0.4 is 10.1 Å².